The van der Waals surface area contributed by atoms with E-state index >= 15 is 0 Å². The molecule has 1 amide bonds. The highest BCUT2D eigenvalue weighted by atomic mass is 16.5. The second-order valence-electron chi connectivity index (χ2n) is 8.17. The van der Waals surface area contributed by atoms with Crippen molar-refractivity contribution < 1.29 is 24.5 Å². The second kappa shape index (κ2) is 21.1. The van der Waals surface area contributed by atoms with E-state index in [2.05, 4.69) is 12.2 Å². The molecule has 0 aromatic carbocycles. The monoisotopic (exact) mass is 430 g/mol. The number of amides is 1. The Kier molecular flexibility index (Phi) is 20.2. The van der Waals surface area contributed by atoms with Gasteiger partial charge >= 0.3 is 5.97 Å². The molecule has 178 valence electrons. The van der Waals surface area contributed by atoms with Gasteiger partial charge < -0.3 is 20.3 Å². The Morgan fingerprint density at radius 3 is 2.03 bits per heavy atom. The standard InChI is InChI=1S/C23H46N2O5/c1-3-4-5-6-7-8-9-10-11-12-13-14-22(28)24-15-16-25(17-18-26)19-23(29)30-20-21(2)27/h21,26-27H,3-20H2,1-2H3,(H,24,28). The number of carbonyl (C=O) groups is 2. The lowest BCUT2D eigenvalue weighted by Gasteiger charge is -2.20. The van der Waals surface area contributed by atoms with Gasteiger partial charge in [0.15, 0.2) is 0 Å². The molecule has 0 bridgehead atoms. The smallest absolute Gasteiger partial charge is 0.320 e. The normalized spacial score (nSPS) is 12.2. The minimum atomic E-state index is -0.699. The first-order valence-electron chi connectivity index (χ1n) is 11.9. The molecular formula is C23H46N2O5. The maximum Gasteiger partial charge on any atom is 0.320 e. The molecule has 0 aromatic rings. The molecular weight excluding hydrogens is 384 g/mol. The maximum atomic E-state index is 11.9. The molecule has 7 heteroatoms. The van der Waals surface area contributed by atoms with Crippen molar-refractivity contribution in [1.29, 1.82) is 0 Å². The number of nitrogens with zero attached hydrogens (tertiary/aromatic N) is 1. The third kappa shape index (κ3) is 20.1. The fourth-order valence-electron chi connectivity index (χ4n) is 3.24. The third-order valence-corrected chi connectivity index (χ3v) is 5.01. The third-order valence-electron chi connectivity index (χ3n) is 5.01. The van der Waals surface area contributed by atoms with Gasteiger partial charge in [0.2, 0.25) is 5.91 Å². The first-order valence-corrected chi connectivity index (χ1v) is 11.9. The maximum absolute atomic E-state index is 11.9. The van der Waals surface area contributed by atoms with Gasteiger partial charge in [-0.05, 0) is 13.3 Å². The van der Waals surface area contributed by atoms with Crippen LogP contribution in [-0.2, 0) is 14.3 Å². The number of hydrogen-bond donors (Lipinski definition) is 3. The predicted molar refractivity (Wildman–Crippen MR) is 120 cm³/mol. The lowest BCUT2D eigenvalue weighted by molar-refractivity contribution is -0.147. The first kappa shape index (κ1) is 28.8. The van der Waals surface area contributed by atoms with Crippen molar-refractivity contribution in [1.82, 2.24) is 10.2 Å². The van der Waals surface area contributed by atoms with Crippen molar-refractivity contribution in [2.45, 2.75) is 97.0 Å². The summed E-state index contributed by atoms with van der Waals surface area (Å²) in [4.78, 5) is 25.4. The van der Waals surface area contributed by atoms with E-state index in [1.165, 1.54) is 57.8 Å². The Morgan fingerprint density at radius 1 is 0.933 bits per heavy atom. The molecule has 0 aromatic heterocycles. The zero-order valence-electron chi connectivity index (χ0n) is 19.4. The Balaban J connectivity index is 3.65. The van der Waals surface area contributed by atoms with Gasteiger partial charge in [-0.1, -0.05) is 71.1 Å². The van der Waals surface area contributed by atoms with Crippen LogP contribution in [0.25, 0.3) is 0 Å². The molecule has 0 saturated heterocycles. The Bertz CT molecular complexity index is 418. The van der Waals surface area contributed by atoms with E-state index in [-0.39, 0.29) is 25.7 Å². The predicted octanol–water partition coefficient (Wildman–Crippen LogP) is 3.02. The van der Waals surface area contributed by atoms with Crippen molar-refractivity contribution in [2.24, 2.45) is 0 Å². The average molecular weight is 431 g/mol. The zero-order valence-corrected chi connectivity index (χ0v) is 19.4. The Morgan fingerprint density at radius 2 is 1.50 bits per heavy atom. The molecule has 0 radical (unpaired) electrons. The van der Waals surface area contributed by atoms with Crippen LogP contribution in [0.4, 0.5) is 0 Å². The molecule has 3 N–H and O–H groups in total. The second-order valence-corrected chi connectivity index (χ2v) is 8.17. The molecule has 30 heavy (non-hydrogen) atoms. The van der Waals surface area contributed by atoms with Gasteiger partial charge in [-0.2, -0.15) is 0 Å². The van der Waals surface area contributed by atoms with Gasteiger partial charge in [-0.3, -0.25) is 14.5 Å². The molecule has 0 fully saturated rings. The summed E-state index contributed by atoms with van der Waals surface area (Å²) in [5.41, 5.74) is 0. The van der Waals surface area contributed by atoms with Crippen LogP contribution in [0.15, 0.2) is 0 Å². The molecule has 1 unspecified atom stereocenters. The largest absolute Gasteiger partial charge is 0.462 e. The van der Waals surface area contributed by atoms with Crippen LogP contribution in [0.1, 0.15) is 90.9 Å². The van der Waals surface area contributed by atoms with E-state index in [1.54, 1.807) is 11.8 Å². The van der Waals surface area contributed by atoms with Gasteiger partial charge in [0.05, 0.1) is 19.3 Å². The van der Waals surface area contributed by atoms with Gasteiger partial charge in [-0.25, -0.2) is 0 Å². The number of esters is 1. The first-order chi connectivity index (χ1) is 14.5. The fourth-order valence-corrected chi connectivity index (χ4v) is 3.24. The average Bonchev–Trinajstić information content (AvgIpc) is 2.70. The van der Waals surface area contributed by atoms with Crippen LogP contribution in [0.3, 0.4) is 0 Å². The molecule has 0 aliphatic carbocycles. The quantitative estimate of drug-likeness (QED) is 0.191. The number of rotatable bonds is 21. The van der Waals surface area contributed by atoms with Crippen molar-refractivity contribution in [2.75, 3.05) is 39.4 Å². The van der Waals surface area contributed by atoms with Crippen LogP contribution in [0, 0.1) is 0 Å². The van der Waals surface area contributed by atoms with Crippen LogP contribution in [-0.4, -0.2) is 72.5 Å². The van der Waals surface area contributed by atoms with Crippen LogP contribution in [0.2, 0.25) is 0 Å². The van der Waals surface area contributed by atoms with Gasteiger partial charge in [0.25, 0.3) is 0 Å². The molecule has 0 spiro atoms. The summed E-state index contributed by atoms with van der Waals surface area (Å²) >= 11 is 0. The summed E-state index contributed by atoms with van der Waals surface area (Å²) in [5.74, 6) is -0.414. The van der Waals surface area contributed by atoms with Crippen LogP contribution >= 0.6 is 0 Å². The van der Waals surface area contributed by atoms with Crippen LogP contribution < -0.4 is 5.32 Å². The number of hydrogen-bond acceptors (Lipinski definition) is 6. The summed E-state index contributed by atoms with van der Waals surface area (Å²) in [6, 6.07) is 0. The van der Waals surface area contributed by atoms with Crippen molar-refractivity contribution in [3.8, 4) is 0 Å². The van der Waals surface area contributed by atoms with E-state index in [0.29, 0.717) is 26.1 Å². The number of ether oxygens (including phenoxy) is 1. The van der Waals surface area contributed by atoms with Gasteiger partial charge in [0.1, 0.15) is 6.61 Å². The molecule has 1 atom stereocenters. The summed E-state index contributed by atoms with van der Waals surface area (Å²) in [6.45, 7) is 4.93. The number of aliphatic hydroxyl groups is 2. The summed E-state index contributed by atoms with van der Waals surface area (Å²) in [6.07, 6.45) is 13.7. The molecule has 7 nitrogen and oxygen atoms in total. The van der Waals surface area contributed by atoms with Crippen molar-refractivity contribution in [3.05, 3.63) is 0 Å². The molecule has 0 rings (SSSR count). The molecule has 0 aliphatic rings. The lowest BCUT2D eigenvalue weighted by Crippen LogP contribution is -2.39. The summed E-state index contributed by atoms with van der Waals surface area (Å²) < 4.78 is 4.93. The minimum absolute atomic E-state index is 0.0295. The highest BCUT2D eigenvalue weighted by Crippen LogP contribution is 2.11. The number of unbranched alkanes of at least 4 members (excludes halogenated alkanes) is 10. The van der Waals surface area contributed by atoms with E-state index in [0.717, 1.165) is 12.8 Å². The van der Waals surface area contributed by atoms with Crippen LogP contribution in [0.5, 0.6) is 0 Å². The summed E-state index contributed by atoms with van der Waals surface area (Å²) in [5, 5.41) is 21.1. The SMILES string of the molecule is CCCCCCCCCCCCCC(=O)NCCN(CCO)CC(=O)OCC(C)O. The molecule has 0 aliphatic heterocycles. The highest BCUT2D eigenvalue weighted by molar-refractivity contribution is 5.75. The van der Waals surface area contributed by atoms with E-state index in [1.807, 2.05) is 0 Å². The summed E-state index contributed by atoms with van der Waals surface area (Å²) in [7, 11) is 0. The fraction of sp³-hybridized carbons (Fsp3) is 0.913. The van der Waals surface area contributed by atoms with Crippen molar-refractivity contribution in [3.63, 3.8) is 0 Å². The number of carbonyl (C=O) groups excluding carboxylic acids is 2. The number of nitrogens with one attached hydrogen (secondary N) is 1. The lowest BCUT2D eigenvalue weighted by atomic mass is 10.1. The zero-order chi connectivity index (χ0) is 22.5. The molecule has 0 saturated carbocycles. The topological polar surface area (TPSA) is 99.1 Å². The van der Waals surface area contributed by atoms with E-state index < -0.39 is 12.1 Å². The van der Waals surface area contributed by atoms with Gasteiger partial charge in [-0.15, -0.1) is 0 Å². The van der Waals surface area contributed by atoms with E-state index in [9.17, 15) is 9.59 Å². The molecule has 0 heterocycles. The van der Waals surface area contributed by atoms with Gasteiger partial charge in [0, 0.05) is 26.1 Å². The Labute approximate surface area is 183 Å². The number of aliphatic hydroxyl groups excluding tert-OH is 2. The minimum Gasteiger partial charge on any atom is -0.462 e. The van der Waals surface area contributed by atoms with Crippen molar-refractivity contribution >= 4 is 11.9 Å². The highest BCUT2D eigenvalue weighted by Gasteiger charge is 2.12. The van der Waals surface area contributed by atoms with E-state index in [4.69, 9.17) is 14.9 Å². The Hall–Kier alpha value is -1.18.